The molecule has 0 spiro atoms. The molecule has 0 fully saturated rings. The van der Waals surface area contributed by atoms with Crippen molar-refractivity contribution in [3.8, 4) is 22.8 Å². The Bertz CT molecular complexity index is 1440. The quantitative estimate of drug-likeness (QED) is 0.452. The van der Waals surface area contributed by atoms with Crippen LogP contribution in [-0.2, 0) is 0 Å². The van der Waals surface area contributed by atoms with E-state index < -0.39 is 0 Å². The maximum absolute atomic E-state index is 13.4. The molecule has 0 radical (unpaired) electrons. The van der Waals surface area contributed by atoms with Crippen LogP contribution in [0.4, 0.5) is 0 Å². The van der Waals surface area contributed by atoms with Crippen molar-refractivity contribution in [2.24, 2.45) is 0 Å². The minimum atomic E-state index is -0.187. The Morgan fingerprint density at radius 2 is 1.48 bits per heavy atom. The Labute approximate surface area is 178 Å². The summed E-state index contributed by atoms with van der Waals surface area (Å²) in [5.41, 5.74) is 3.99. The van der Waals surface area contributed by atoms with Gasteiger partial charge in [0.1, 0.15) is 23.4 Å². The molecule has 0 atom stereocenters. The molecule has 0 amide bonds. The van der Waals surface area contributed by atoms with Crippen molar-refractivity contribution in [3.63, 3.8) is 0 Å². The summed E-state index contributed by atoms with van der Waals surface area (Å²) in [5, 5.41) is 4.56. The number of aryl methyl sites for hydroxylation is 2. The number of rotatable bonds is 4. The molecule has 3 heterocycles. The molecule has 5 rings (SSSR count). The molecule has 0 bridgehead atoms. The SMILES string of the molecule is COc1ccc(-n2nc(C)c3ncn(-c4ccc(-n5ccnc5C)cc4)c(=O)c32)cc1. The summed E-state index contributed by atoms with van der Waals surface area (Å²) in [5.74, 6) is 1.63. The number of hydrogen-bond acceptors (Lipinski definition) is 5. The second-order valence-electron chi connectivity index (χ2n) is 7.17. The van der Waals surface area contributed by atoms with Crippen molar-refractivity contribution in [1.29, 1.82) is 0 Å². The predicted octanol–water partition coefficient (Wildman–Crippen LogP) is 3.38. The molecule has 0 saturated carbocycles. The summed E-state index contributed by atoms with van der Waals surface area (Å²) in [6, 6.07) is 15.1. The largest absolute Gasteiger partial charge is 0.497 e. The van der Waals surface area contributed by atoms with Crippen molar-refractivity contribution in [2.45, 2.75) is 13.8 Å². The van der Waals surface area contributed by atoms with Crippen molar-refractivity contribution in [3.05, 3.63) is 89.1 Å². The first-order chi connectivity index (χ1) is 15.1. The molecule has 0 N–H and O–H groups in total. The molecule has 0 aliphatic heterocycles. The highest BCUT2D eigenvalue weighted by Crippen LogP contribution is 2.21. The molecular weight excluding hydrogens is 392 g/mol. The minimum absolute atomic E-state index is 0.187. The summed E-state index contributed by atoms with van der Waals surface area (Å²) < 4.78 is 10.4. The van der Waals surface area contributed by atoms with E-state index in [1.807, 2.05) is 73.1 Å². The van der Waals surface area contributed by atoms with Gasteiger partial charge < -0.3 is 9.30 Å². The van der Waals surface area contributed by atoms with Gasteiger partial charge in [-0.25, -0.2) is 14.6 Å². The fourth-order valence-corrected chi connectivity index (χ4v) is 3.67. The second-order valence-corrected chi connectivity index (χ2v) is 7.17. The average Bonchev–Trinajstić information content (AvgIpc) is 3.38. The normalized spacial score (nSPS) is 11.2. The van der Waals surface area contributed by atoms with Gasteiger partial charge in [0.25, 0.3) is 5.56 Å². The first kappa shape index (κ1) is 18.8. The molecular formula is C23H20N6O2. The third-order valence-corrected chi connectivity index (χ3v) is 5.30. The number of hydrogen-bond donors (Lipinski definition) is 0. The van der Waals surface area contributed by atoms with Gasteiger partial charge in [0, 0.05) is 18.1 Å². The summed E-state index contributed by atoms with van der Waals surface area (Å²) in [7, 11) is 1.62. The van der Waals surface area contributed by atoms with Gasteiger partial charge in [0.15, 0.2) is 5.52 Å². The van der Waals surface area contributed by atoms with Crippen LogP contribution in [0.3, 0.4) is 0 Å². The summed E-state index contributed by atoms with van der Waals surface area (Å²) in [6.45, 7) is 3.79. The fraction of sp³-hybridized carbons (Fsp3) is 0.130. The molecule has 0 saturated heterocycles. The van der Waals surface area contributed by atoms with Crippen molar-refractivity contribution >= 4 is 11.0 Å². The Morgan fingerprint density at radius 1 is 0.839 bits per heavy atom. The molecule has 8 heteroatoms. The summed E-state index contributed by atoms with van der Waals surface area (Å²) in [6.07, 6.45) is 5.21. The number of aromatic nitrogens is 6. The van der Waals surface area contributed by atoms with Gasteiger partial charge >= 0.3 is 0 Å². The molecule has 0 unspecified atom stereocenters. The maximum Gasteiger partial charge on any atom is 0.284 e. The number of ether oxygens (including phenoxy) is 1. The number of methoxy groups -OCH3 is 1. The van der Waals surface area contributed by atoms with Gasteiger partial charge in [-0.15, -0.1) is 0 Å². The van der Waals surface area contributed by atoms with E-state index in [4.69, 9.17) is 4.74 Å². The Hall–Kier alpha value is -4.20. The smallest absolute Gasteiger partial charge is 0.284 e. The minimum Gasteiger partial charge on any atom is -0.497 e. The van der Waals surface area contributed by atoms with Crippen LogP contribution < -0.4 is 10.3 Å². The lowest BCUT2D eigenvalue weighted by molar-refractivity contribution is 0.414. The predicted molar refractivity (Wildman–Crippen MR) is 118 cm³/mol. The van der Waals surface area contributed by atoms with E-state index in [1.165, 1.54) is 4.57 Å². The Morgan fingerprint density at radius 3 is 2.10 bits per heavy atom. The Balaban J connectivity index is 1.63. The van der Waals surface area contributed by atoms with E-state index in [0.717, 1.165) is 28.6 Å². The zero-order valence-corrected chi connectivity index (χ0v) is 17.4. The van der Waals surface area contributed by atoms with Crippen molar-refractivity contribution < 1.29 is 4.74 Å². The fourth-order valence-electron chi connectivity index (χ4n) is 3.67. The van der Waals surface area contributed by atoms with Gasteiger partial charge in [-0.1, -0.05) is 0 Å². The molecule has 0 aliphatic carbocycles. The van der Waals surface area contributed by atoms with Crippen LogP contribution in [0.25, 0.3) is 28.1 Å². The average molecular weight is 412 g/mol. The van der Waals surface area contributed by atoms with E-state index in [9.17, 15) is 4.79 Å². The third-order valence-electron chi connectivity index (χ3n) is 5.30. The standard InChI is InChI=1S/C23H20N6O2/c1-15-21-22(29(26-15)19-8-10-20(31-3)11-9-19)23(30)28(14-25-21)18-6-4-17(5-7-18)27-13-12-24-16(27)2/h4-14H,1-3H3. The maximum atomic E-state index is 13.4. The van der Waals surface area contributed by atoms with Crippen LogP contribution in [0.5, 0.6) is 5.75 Å². The summed E-state index contributed by atoms with van der Waals surface area (Å²) >= 11 is 0. The van der Waals surface area contributed by atoms with E-state index in [0.29, 0.717) is 16.7 Å². The number of nitrogens with zero attached hydrogens (tertiary/aromatic N) is 6. The van der Waals surface area contributed by atoms with Gasteiger partial charge in [-0.2, -0.15) is 5.10 Å². The van der Waals surface area contributed by atoms with Gasteiger partial charge in [0.2, 0.25) is 0 Å². The topological polar surface area (TPSA) is 79.8 Å². The molecule has 0 aliphatic rings. The Kier molecular flexibility index (Phi) is 4.39. The molecule has 8 nitrogen and oxygen atoms in total. The highest BCUT2D eigenvalue weighted by molar-refractivity contribution is 5.78. The van der Waals surface area contributed by atoms with Crippen LogP contribution in [0.1, 0.15) is 11.5 Å². The van der Waals surface area contributed by atoms with E-state index in [-0.39, 0.29) is 5.56 Å². The zero-order valence-electron chi connectivity index (χ0n) is 17.4. The van der Waals surface area contributed by atoms with Crippen LogP contribution in [0.15, 0.2) is 72.0 Å². The van der Waals surface area contributed by atoms with E-state index in [1.54, 1.807) is 24.3 Å². The first-order valence-electron chi connectivity index (χ1n) is 9.79. The summed E-state index contributed by atoms with van der Waals surface area (Å²) in [4.78, 5) is 22.2. The van der Waals surface area contributed by atoms with Crippen LogP contribution in [-0.4, -0.2) is 36.0 Å². The third kappa shape index (κ3) is 3.09. The number of benzene rings is 2. The van der Waals surface area contributed by atoms with Crippen LogP contribution in [0, 0.1) is 13.8 Å². The number of fused-ring (bicyclic) bond motifs is 1. The number of imidazole rings is 1. The van der Waals surface area contributed by atoms with E-state index in [2.05, 4.69) is 15.1 Å². The van der Waals surface area contributed by atoms with Crippen LogP contribution in [0.2, 0.25) is 0 Å². The van der Waals surface area contributed by atoms with Crippen molar-refractivity contribution in [2.75, 3.05) is 7.11 Å². The highest BCUT2D eigenvalue weighted by Gasteiger charge is 2.16. The van der Waals surface area contributed by atoms with E-state index >= 15 is 0 Å². The molecule has 31 heavy (non-hydrogen) atoms. The lowest BCUT2D eigenvalue weighted by atomic mass is 10.2. The van der Waals surface area contributed by atoms with Gasteiger partial charge in [-0.05, 0) is 62.4 Å². The monoisotopic (exact) mass is 412 g/mol. The van der Waals surface area contributed by atoms with Crippen molar-refractivity contribution in [1.82, 2.24) is 28.9 Å². The molecule has 3 aromatic heterocycles. The lowest BCUT2D eigenvalue weighted by Crippen LogP contribution is -2.21. The molecule has 2 aromatic carbocycles. The molecule has 154 valence electrons. The first-order valence-corrected chi connectivity index (χ1v) is 9.79. The molecule has 5 aromatic rings. The van der Waals surface area contributed by atoms with Gasteiger partial charge in [-0.3, -0.25) is 9.36 Å². The highest BCUT2D eigenvalue weighted by atomic mass is 16.5. The lowest BCUT2D eigenvalue weighted by Gasteiger charge is -2.09. The second kappa shape index (κ2) is 7.24. The zero-order chi connectivity index (χ0) is 21.5. The van der Waals surface area contributed by atoms with Crippen LogP contribution >= 0.6 is 0 Å². The van der Waals surface area contributed by atoms with Gasteiger partial charge in [0.05, 0.1) is 24.2 Å².